The van der Waals surface area contributed by atoms with E-state index in [0.717, 1.165) is 18.4 Å². The predicted octanol–water partition coefficient (Wildman–Crippen LogP) is 1.15. The van der Waals surface area contributed by atoms with Crippen LogP contribution in [-0.4, -0.2) is 38.9 Å². The van der Waals surface area contributed by atoms with Crippen LogP contribution in [0, 0.1) is 0 Å². The van der Waals surface area contributed by atoms with E-state index in [4.69, 9.17) is 0 Å². The maximum Gasteiger partial charge on any atom is 0.240 e. The number of benzene rings is 1. The molecule has 0 bridgehead atoms. The van der Waals surface area contributed by atoms with Crippen molar-refractivity contribution in [3.05, 3.63) is 29.8 Å². The van der Waals surface area contributed by atoms with E-state index in [-0.39, 0.29) is 23.3 Å². The predicted molar refractivity (Wildman–Crippen MR) is 76.8 cm³/mol. The molecule has 0 aromatic heterocycles. The van der Waals surface area contributed by atoms with E-state index >= 15 is 0 Å². The standard InChI is InChI=1S/C14H20N2O3S/c1-3-4-11-5-7-13(8-6-11)20(18,19)15-12-9-14(17)16(2)10-12/h5-8,12,15H,3-4,9-10H2,1-2H3/t12-/m0/s1. The third-order valence-electron chi connectivity index (χ3n) is 3.44. The average Bonchev–Trinajstić information content (AvgIpc) is 2.68. The molecule has 1 aliphatic heterocycles. The number of hydrogen-bond donors (Lipinski definition) is 1. The Hall–Kier alpha value is -1.40. The Morgan fingerprint density at radius 3 is 2.45 bits per heavy atom. The Morgan fingerprint density at radius 1 is 1.30 bits per heavy atom. The highest BCUT2D eigenvalue weighted by Crippen LogP contribution is 2.15. The first-order chi connectivity index (χ1) is 9.42. The lowest BCUT2D eigenvalue weighted by Crippen LogP contribution is -2.36. The zero-order valence-electron chi connectivity index (χ0n) is 11.8. The molecule has 0 spiro atoms. The smallest absolute Gasteiger partial charge is 0.240 e. The van der Waals surface area contributed by atoms with Crippen molar-refractivity contribution in [3.8, 4) is 0 Å². The monoisotopic (exact) mass is 296 g/mol. The quantitative estimate of drug-likeness (QED) is 0.886. The number of amides is 1. The topological polar surface area (TPSA) is 66.5 Å². The average molecular weight is 296 g/mol. The second-order valence-electron chi connectivity index (χ2n) is 5.19. The lowest BCUT2D eigenvalue weighted by Gasteiger charge is -2.13. The molecule has 0 unspecified atom stereocenters. The summed E-state index contributed by atoms with van der Waals surface area (Å²) >= 11 is 0. The second-order valence-corrected chi connectivity index (χ2v) is 6.90. The third-order valence-corrected chi connectivity index (χ3v) is 4.97. The minimum atomic E-state index is -3.55. The van der Waals surface area contributed by atoms with Gasteiger partial charge in [0.05, 0.1) is 4.90 Å². The van der Waals surface area contributed by atoms with Crippen LogP contribution < -0.4 is 4.72 Å². The number of aryl methyl sites for hydroxylation is 1. The first-order valence-electron chi connectivity index (χ1n) is 6.77. The molecule has 20 heavy (non-hydrogen) atoms. The van der Waals surface area contributed by atoms with Crippen molar-refractivity contribution in [3.63, 3.8) is 0 Å². The third kappa shape index (κ3) is 3.37. The fourth-order valence-electron chi connectivity index (χ4n) is 2.35. The molecule has 6 heteroatoms. The van der Waals surface area contributed by atoms with Crippen molar-refractivity contribution in [2.45, 2.75) is 37.1 Å². The maximum absolute atomic E-state index is 12.2. The molecule has 5 nitrogen and oxygen atoms in total. The first-order valence-corrected chi connectivity index (χ1v) is 8.26. The van der Waals surface area contributed by atoms with Gasteiger partial charge in [-0.15, -0.1) is 0 Å². The summed E-state index contributed by atoms with van der Waals surface area (Å²) in [5.74, 6) is -0.0315. The van der Waals surface area contributed by atoms with Gasteiger partial charge in [-0.2, -0.15) is 0 Å². The minimum Gasteiger partial charge on any atom is -0.344 e. The summed E-state index contributed by atoms with van der Waals surface area (Å²) in [6.07, 6.45) is 2.19. The van der Waals surface area contributed by atoms with Gasteiger partial charge in [0.15, 0.2) is 0 Å². The summed E-state index contributed by atoms with van der Waals surface area (Å²) < 4.78 is 27.1. The van der Waals surface area contributed by atoms with Crippen LogP contribution in [-0.2, 0) is 21.2 Å². The van der Waals surface area contributed by atoms with Crippen molar-refractivity contribution in [1.29, 1.82) is 0 Å². The highest BCUT2D eigenvalue weighted by atomic mass is 32.2. The summed E-state index contributed by atoms with van der Waals surface area (Å²) in [6.45, 7) is 2.51. The van der Waals surface area contributed by atoms with Crippen molar-refractivity contribution in [2.24, 2.45) is 0 Å². The van der Waals surface area contributed by atoms with E-state index in [1.54, 1.807) is 19.2 Å². The SMILES string of the molecule is CCCc1ccc(S(=O)(=O)N[C@H]2CC(=O)N(C)C2)cc1. The highest BCUT2D eigenvalue weighted by molar-refractivity contribution is 7.89. The largest absolute Gasteiger partial charge is 0.344 e. The molecular formula is C14H20N2O3S. The van der Waals surface area contributed by atoms with Crippen molar-refractivity contribution < 1.29 is 13.2 Å². The molecule has 1 heterocycles. The van der Waals surface area contributed by atoms with E-state index in [0.29, 0.717) is 6.54 Å². The van der Waals surface area contributed by atoms with Gasteiger partial charge < -0.3 is 4.90 Å². The second kappa shape index (κ2) is 5.93. The van der Waals surface area contributed by atoms with Gasteiger partial charge in [-0.25, -0.2) is 13.1 Å². The van der Waals surface area contributed by atoms with E-state index in [2.05, 4.69) is 11.6 Å². The van der Waals surface area contributed by atoms with Gasteiger partial charge in [0.25, 0.3) is 0 Å². The number of nitrogens with zero attached hydrogens (tertiary/aromatic N) is 1. The molecule has 0 saturated carbocycles. The Labute approximate surface area is 120 Å². The minimum absolute atomic E-state index is 0.0315. The van der Waals surface area contributed by atoms with Gasteiger partial charge in [0.1, 0.15) is 0 Å². The van der Waals surface area contributed by atoms with Crippen molar-refractivity contribution in [2.75, 3.05) is 13.6 Å². The highest BCUT2D eigenvalue weighted by Gasteiger charge is 2.30. The van der Waals surface area contributed by atoms with Crippen LogP contribution in [0.5, 0.6) is 0 Å². The molecule has 1 saturated heterocycles. The van der Waals surface area contributed by atoms with Gasteiger partial charge in [-0.3, -0.25) is 4.79 Å². The number of carbonyl (C=O) groups is 1. The number of rotatable bonds is 5. The number of nitrogens with one attached hydrogen (secondary N) is 1. The Morgan fingerprint density at radius 2 is 1.95 bits per heavy atom. The lowest BCUT2D eigenvalue weighted by atomic mass is 10.1. The van der Waals surface area contributed by atoms with Crippen LogP contribution >= 0.6 is 0 Å². The van der Waals surface area contributed by atoms with E-state index < -0.39 is 10.0 Å². The molecule has 1 atom stereocenters. The fourth-order valence-corrected chi connectivity index (χ4v) is 3.58. The van der Waals surface area contributed by atoms with Crippen molar-refractivity contribution >= 4 is 15.9 Å². The number of carbonyl (C=O) groups excluding carboxylic acids is 1. The molecule has 110 valence electrons. The molecule has 0 aliphatic carbocycles. The van der Waals surface area contributed by atoms with Crippen molar-refractivity contribution in [1.82, 2.24) is 9.62 Å². The lowest BCUT2D eigenvalue weighted by molar-refractivity contribution is -0.126. The maximum atomic E-state index is 12.2. The van der Waals surface area contributed by atoms with Gasteiger partial charge in [-0.1, -0.05) is 25.5 Å². The number of likely N-dealkylation sites (N-methyl/N-ethyl adjacent to an activating group) is 1. The van der Waals surface area contributed by atoms with Crippen LogP contribution in [0.3, 0.4) is 0 Å². The van der Waals surface area contributed by atoms with Gasteiger partial charge in [0, 0.05) is 26.1 Å². The van der Waals surface area contributed by atoms with E-state index in [9.17, 15) is 13.2 Å². The summed E-state index contributed by atoms with van der Waals surface area (Å²) in [6, 6.07) is 6.57. The zero-order chi connectivity index (χ0) is 14.8. The molecule has 1 aromatic carbocycles. The fraction of sp³-hybridized carbons (Fsp3) is 0.500. The van der Waals surface area contributed by atoms with E-state index in [1.807, 2.05) is 12.1 Å². The molecule has 2 rings (SSSR count). The summed E-state index contributed by atoms with van der Waals surface area (Å²) in [7, 11) is -1.87. The number of sulfonamides is 1. The summed E-state index contributed by atoms with van der Waals surface area (Å²) in [5, 5.41) is 0. The molecule has 0 radical (unpaired) electrons. The van der Waals surface area contributed by atoms with Crippen LogP contribution in [0.25, 0.3) is 0 Å². The number of hydrogen-bond acceptors (Lipinski definition) is 3. The molecule has 1 fully saturated rings. The normalized spacial score (nSPS) is 19.6. The Bertz CT molecular complexity index is 581. The van der Waals surface area contributed by atoms with Crippen LogP contribution in [0.15, 0.2) is 29.2 Å². The van der Waals surface area contributed by atoms with Crippen LogP contribution in [0.1, 0.15) is 25.3 Å². The number of likely N-dealkylation sites (tertiary alicyclic amines) is 1. The van der Waals surface area contributed by atoms with Crippen LogP contribution in [0.2, 0.25) is 0 Å². The molecule has 1 aliphatic rings. The molecule has 1 N–H and O–H groups in total. The van der Waals surface area contributed by atoms with E-state index in [1.165, 1.54) is 4.90 Å². The summed E-state index contributed by atoms with van der Waals surface area (Å²) in [5.41, 5.74) is 1.13. The molecule has 1 amide bonds. The van der Waals surface area contributed by atoms with Crippen LogP contribution in [0.4, 0.5) is 0 Å². The van der Waals surface area contributed by atoms with Gasteiger partial charge in [-0.05, 0) is 24.1 Å². The molecule has 1 aromatic rings. The zero-order valence-corrected chi connectivity index (χ0v) is 12.6. The van der Waals surface area contributed by atoms with Gasteiger partial charge >= 0.3 is 0 Å². The first kappa shape index (κ1) is 15.0. The Balaban J connectivity index is 2.08. The Kier molecular flexibility index (Phi) is 4.45. The summed E-state index contributed by atoms with van der Waals surface area (Å²) in [4.78, 5) is 13.2. The van der Waals surface area contributed by atoms with Gasteiger partial charge in [0.2, 0.25) is 15.9 Å². The molecular weight excluding hydrogens is 276 g/mol.